The van der Waals surface area contributed by atoms with Crippen LogP contribution in [0.3, 0.4) is 0 Å². The molecule has 7 heteroatoms. The molecule has 2 aromatic carbocycles. The number of carbonyl (C=O) groups excluding carboxylic acids is 1. The maximum atomic E-state index is 14.1. The zero-order valence-electron chi connectivity index (χ0n) is 15.4. The van der Waals surface area contributed by atoms with Gasteiger partial charge in [-0.25, -0.2) is 14.0 Å². The molecule has 0 aliphatic carbocycles. The van der Waals surface area contributed by atoms with E-state index in [1.165, 1.54) is 18.2 Å². The number of halogens is 2. The summed E-state index contributed by atoms with van der Waals surface area (Å²) in [4.78, 5) is 23.9. The number of carbonyl (C=O) groups is 1. The van der Waals surface area contributed by atoms with Crippen LogP contribution in [-0.2, 0) is 16.0 Å². The molecule has 1 heterocycles. The molecule has 5 nitrogen and oxygen atoms in total. The van der Waals surface area contributed by atoms with Crippen molar-refractivity contribution in [2.24, 2.45) is 0 Å². The van der Waals surface area contributed by atoms with Gasteiger partial charge in [0.2, 0.25) is 0 Å². The van der Waals surface area contributed by atoms with Crippen LogP contribution in [0, 0.1) is 12.7 Å². The quantitative estimate of drug-likeness (QED) is 0.449. The highest BCUT2D eigenvalue weighted by molar-refractivity contribution is 6.31. The molecule has 0 saturated heterocycles. The fourth-order valence-corrected chi connectivity index (χ4v) is 3.12. The summed E-state index contributed by atoms with van der Waals surface area (Å²) in [6.07, 6.45) is 0.0245. The van der Waals surface area contributed by atoms with E-state index in [4.69, 9.17) is 25.5 Å². The Balaban J connectivity index is 1.94. The lowest BCUT2D eigenvalue weighted by Gasteiger charge is -2.11. The highest BCUT2D eigenvalue weighted by Gasteiger charge is 2.16. The standard InChI is InChI=1S/C21H18ClFO5/c1-3-26-20(24)11-27-13-7-8-14-12(2)15(21(25)28-19(14)9-13)10-16-17(22)5-4-6-18(16)23/h4-9H,3,10-11H2,1-2H3. The molecule has 0 spiro atoms. The van der Waals surface area contributed by atoms with Crippen LogP contribution in [0.2, 0.25) is 5.02 Å². The average Bonchev–Trinajstić information content (AvgIpc) is 2.65. The van der Waals surface area contributed by atoms with Crippen molar-refractivity contribution in [2.75, 3.05) is 13.2 Å². The van der Waals surface area contributed by atoms with Gasteiger partial charge in [0, 0.05) is 34.0 Å². The average molecular weight is 405 g/mol. The molecule has 0 amide bonds. The third-order valence-corrected chi connectivity index (χ3v) is 4.69. The highest BCUT2D eigenvalue weighted by Crippen LogP contribution is 2.27. The Morgan fingerprint density at radius 1 is 1.21 bits per heavy atom. The minimum absolute atomic E-state index is 0.0245. The predicted molar refractivity (Wildman–Crippen MR) is 104 cm³/mol. The maximum Gasteiger partial charge on any atom is 0.344 e. The van der Waals surface area contributed by atoms with Gasteiger partial charge in [-0.3, -0.25) is 0 Å². The second kappa shape index (κ2) is 8.44. The van der Waals surface area contributed by atoms with Gasteiger partial charge in [-0.15, -0.1) is 0 Å². The van der Waals surface area contributed by atoms with Crippen molar-refractivity contribution in [2.45, 2.75) is 20.3 Å². The third kappa shape index (κ3) is 4.17. The smallest absolute Gasteiger partial charge is 0.344 e. The molecule has 0 radical (unpaired) electrons. The van der Waals surface area contributed by atoms with E-state index >= 15 is 0 Å². The van der Waals surface area contributed by atoms with Crippen LogP contribution in [-0.4, -0.2) is 19.2 Å². The highest BCUT2D eigenvalue weighted by atomic mass is 35.5. The molecule has 0 saturated carbocycles. The molecule has 1 aromatic heterocycles. The summed E-state index contributed by atoms with van der Waals surface area (Å²) in [6.45, 7) is 3.50. The van der Waals surface area contributed by atoms with Gasteiger partial charge >= 0.3 is 11.6 Å². The Bertz CT molecular complexity index is 1070. The number of benzene rings is 2. The topological polar surface area (TPSA) is 65.7 Å². The van der Waals surface area contributed by atoms with Crippen LogP contribution < -0.4 is 10.4 Å². The fraction of sp³-hybridized carbons (Fsp3) is 0.238. The number of hydrogen-bond donors (Lipinski definition) is 0. The first-order valence-electron chi connectivity index (χ1n) is 8.68. The molecule has 3 rings (SSSR count). The third-order valence-electron chi connectivity index (χ3n) is 4.34. The van der Waals surface area contributed by atoms with Crippen LogP contribution in [0.1, 0.15) is 23.6 Å². The van der Waals surface area contributed by atoms with Crippen LogP contribution in [0.25, 0.3) is 11.0 Å². The molecule has 146 valence electrons. The van der Waals surface area contributed by atoms with Crippen molar-refractivity contribution in [3.8, 4) is 5.75 Å². The van der Waals surface area contributed by atoms with Gasteiger partial charge in [0.1, 0.15) is 17.1 Å². The van der Waals surface area contributed by atoms with Gasteiger partial charge in [0.25, 0.3) is 0 Å². The van der Waals surface area contributed by atoms with E-state index in [0.29, 0.717) is 27.8 Å². The van der Waals surface area contributed by atoms with E-state index in [1.54, 1.807) is 32.0 Å². The van der Waals surface area contributed by atoms with Crippen LogP contribution in [0.5, 0.6) is 5.75 Å². The van der Waals surface area contributed by atoms with E-state index in [9.17, 15) is 14.0 Å². The Morgan fingerprint density at radius 3 is 2.71 bits per heavy atom. The summed E-state index contributed by atoms with van der Waals surface area (Å²) in [5.74, 6) is -0.598. The summed E-state index contributed by atoms with van der Waals surface area (Å²) < 4.78 is 29.7. The van der Waals surface area contributed by atoms with Crippen LogP contribution in [0.15, 0.2) is 45.6 Å². The first-order chi connectivity index (χ1) is 13.4. The Hall–Kier alpha value is -2.86. The Morgan fingerprint density at radius 2 is 2.00 bits per heavy atom. The normalized spacial score (nSPS) is 10.9. The minimum atomic E-state index is -0.577. The lowest BCUT2D eigenvalue weighted by molar-refractivity contribution is -0.145. The molecule has 3 aromatic rings. The lowest BCUT2D eigenvalue weighted by Crippen LogP contribution is -2.14. The molecular formula is C21H18ClFO5. The summed E-state index contributed by atoms with van der Waals surface area (Å²) >= 11 is 6.08. The van der Waals surface area contributed by atoms with Crippen molar-refractivity contribution in [3.63, 3.8) is 0 Å². The molecule has 0 bridgehead atoms. The minimum Gasteiger partial charge on any atom is -0.482 e. The zero-order chi connectivity index (χ0) is 20.3. The lowest BCUT2D eigenvalue weighted by atomic mass is 9.99. The predicted octanol–water partition coefficient (Wildman–Crippen LogP) is 4.43. The van der Waals surface area contributed by atoms with E-state index in [0.717, 1.165) is 0 Å². The summed E-state index contributed by atoms with van der Waals surface area (Å²) in [5.41, 5.74) is 0.981. The summed E-state index contributed by atoms with van der Waals surface area (Å²) in [6, 6.07) is 9.30. The van der Waals surface area contributed by atoms with E-state index in [1.807, 2.05) is 0 Å². The Labute approximate surface area is 165 Å². The molecule has 0 aliphatic rings. The maximum absolute atomic E-state index is 14.1. The van der Waals surface area contributed by atoms with Crippen molar-refractivity contribution < 1.29 is 23.1 Å². The number of aryl methyl sites for hydroxylation is 1. The van der Waals surface area contributed by atoms with Gasteiger partial charge in [0.05, 0.1) is 6.61 Å². The molecule has 0 aliphatic heterocycles. The van der Waals surface area contributed by atoms with E-state index in [2.05, 4.69) is 0 Å². The van der Waals surface area contributed by atoms with Crippen molar-refractivity contribution in [1.82, 2.24) is 0 Å². The summed E-state index contributed by atoms with van der Waals surface area (Å²) in [7, 11) is 0. The van der Waals surface area contributed by atoms with Crippen molar-refractivity contribution in [3.05, 3.63) is 74.3 Å². The van der Waals surface area contributed by atoms with Crippen LogP contribution in [0.4, 0.5) is 4.39 Å². The van der Waals surface area contributed by atoms with E-state index < -0.39 is 17.4 Å². The van der Waals surface area contributed by atoms with Gasteiger partial charge in [-0.05, 0) is 43.7 Å². The fourth-order valence-electron chi connectivity index (χ4n) is 2.89. The number of fused-ring (bicyclic) bond motifs is 1. The molecule has 0 N–H and O–H groups in total. The van der Waals surface area contributed by atoms with Crippen LogP contribution >= 0.6 is 11.6 Å². The number of hydrogen-bond acceptors (Lipinski definition) is 5. The second-order valence-electron chi connectivity index (χ2n) is 6.12. The van der Waals surface area contributed by atoms with Crippen molar-refractivity contribution >= 4 is 28.5 Å². The number of ether oxygens (including phenoxy) is 2. The Kier molecular flexibility index (Phi) is 5.99. The SMILES string of the molecule is CCOC(=O)COc1ccc2c(C)c(Cc3c(F)cccc3Cl)c(=O)oc2c1. The van der Waals surface area contributed by atoms with Gasteiger partial charge in [-0.1, -0.05) is 17.7 Å². The van der Waals surface area contributed by atoms with Gasteiger partial charge in [-0.2, -0.15) is 0 Å². The first-order valence-corrected chi connectivity index (χ1v) is 9.06. The molecule has 28 heavy (non-hydrogen) atoms. The molecule has 0 fully saturated rings. The molecule has 0 unspecified atom stereocenters. The molecular weight excluding hydrogens is 387 g/mol. The second-order valence-corrected chi connectivity index (χ2v) is 6.53. The largest absolute Gasteiger partial charge is 0.482 e. The van der Waals surface area contributed by atoms with Crippen molar-refractivity contribution in [1.29, 1.82) is 0 Å². The van der Waals surface area contributed by atoms with E-state index in [-0.39, 0.29) is 30.2 Å². The zero-order valence-corrected chi connectivity index (χ0v) is 16.1. The summed E-state index contributed by atoms with van der Waals surface area (Å²) in [5, 5.41) is 0.937. The van der Waals surface area contributed by atoms with Gasteiger partial charge < -0.3 is 13.9 Å². The number of esters is 1. The monoisotopic (exact) mass is 404 g/mol. The first kappa shape index (κ1) is 19.9. The number of rotatable bonds is 6. The molecule has 0 atom stereocenters. The van der Waals surface area contributed by atoms with Gasteiger partial charge in [0.15, 0.2) is 6.61 Å².